The molecule has 0 bridgehead atoms. The van der Waals surface area contributed by atoms with Crippen molar-refractivity contribution < 1.29 is 89.4 Å². The third-order valence-electron chi connectivity index (χ3n) is 16.5. The molecule has 19 heteroatoms. The van der Waals surface area contributed by atoms with Gasteiger partial charge in [0.1, 0.15) is 73.2 Å². The van der Waals surface area contributed by atoms with E-state index in [2.05, 4.69) is 177 Å². The largest absolute Gasteiger partial charge is 0.394 e. The number of allylic oxidation sites excluding steroid dienone is 27. The summed E-state index contributed by atoms with van der Waals surface area (Å²) in [7, 11) is 0. The summed E-state index contributed by atoms with van der Waals surface area (Å²) in [6.07, 6.45) is 57.9. The van der Waals surface area contributed by atoms with Gasteiger partial charge in [-0.1, -0.05) is 223 Å². The number of hydrogen-bond acceptors (Lipinski definition) is 18. The number of amides is 1. The molecule has 0 aliphatic carbocycles. The number of carbonyl (C=O) groups is 1. The summed E-state index contributed by atoms with van der Waals surface area (Å²) in [6.45, 7) is 1.45. The summed E-state index contributed by atoms with van der Waals surface area (Å²) in [5.41, 5.74) is 0. The number of carbonyl (C=O) groups excluding carboxylic acids is 1. The van der Waals surface area contributed by atoms with Crippen LogP contribution in [0.4, 0.5) is 0 Å². The molecule has 3 rings (SSSR count). The molecule has 19 nitrogen and oxygen atoms in total. The molecule has 17 atom stereocenters. The first-order chi connectivity index (χ1) is 47.3. The average Bonchev–Trinajstić information content (AvgIpc) is 0.790. The molecule has 3 aliphatic heterocycles. The summed E-state index contributed by atoms with van der Waals surface area (Å²) in [4.78, 5) is 13.4. The molecule has 3 saturated heterocycles. The highest BCUT2D eigenvalue weighted by molar-refractivity contribution is 5.76. The van der Waals surface area contributed by atoms with Crippen LogP contribution in [0.15, 0.2) is 170 Å². The van der Waals surface area contributed by atoms with Gasteiger partial charge in [-0.3, -0.25) is 4.79 Å². The highest BCUT2D eigenvalue weighted by Crippen LogP contribution is 2.33. The first-order valence-corrected chi connectivity index (χ1v) is 35.9. The SMILES string of the molecule is CC/C=C\C/C=C\C/C=C\C/C=C\C/C=C\C/C=C\C/C=C\C/C=C\C/C=C\C/C=C\C/C=C\CCCCCCCCCC(=O)NC(COC1OC(CO)C(OC2OC(CO)C(OC3OC(CO)C(O)C(O)C3O)C(O)C2O)C(O)C1O)C(O)/C=C/CC/C=C/CC/C=C/CCC. The fourth-order valence-electron chi connectivity index (χ4n) is 10.7. The number of rotatable bonds is 52. The van der Waals surface area contributed by atoms with Gasteiger partial charge in [-0.25, -0.2) is 0 Å². The number of hydrogen-bond donors (Lipinski definition) is 12. The molecule has 0 aromatic heterocycles. The van der Waals surface area contributed by atoms with E-state index in [0.717, 1.165) is 148 Å². The Hall–Kier alpha value is -4.85. The fourth-order valence-corrected chi connectivity index (χ4v) is 10.7. The standard InChI is InChI=1S/C78H123NO18/c1-3-5-7-9-11-13-15-16-17-18-19-20-21-22-23-24-25-26-27-28-29-30-31-32-33-34-35-36-37-38-39-40-41-42-43-44-46-48-50-52-54-56-66(84)79-61(62(83)55-53-51-49-47-45-14-12-10-8-6-4-2)60-92-76-72(90)69(87)74(64(58-81)94-76)97-78-73(91)70(88)75(65(59-82)95-78)96-77-71(89)68(86)67(85)63(57-80)93-77/h5,7-8,10-11,13,16-17,19-20,22-23,25-26,28-29,31-32,34-35,37-38,40-41,45,47,53,55,61-65,67-78,80-83,85-91H,3-4,6,9,12,14-15,18,21,24,27,30,33,36,39,42-44,46,48-52,54,56-60H2,1-2H3,(H,79,84)/b7-5-,10-8+,13-11-,17-16-,20-19-,23-22-,26-25-,29-28-,32-31-,35-34-,38-37-,41-40-,47-45+,55-53+. The second kappa shape index (κ2) is 56.9. The van der Waals surface area contributed by atoms with Gasteiger partial charge in [0, 0.05) is 6.42 Å². The Bertz CT molecular complexity index is 2420. The quantitative estimate of drug-likeness (QED) is 0.0199. The van der Waals surface area contributed by atoms with Crippen molar-refractivity contribution in [2.75, 3.05) is 26.4 Å². The van der Waals surface area contributed by atoms with E-state index < -0.39 is 124 Å². The highest BCUT2D eigenvalue weighted by atomic mass is 16.8. The fraction of sp³-hybridized carbons (Fsp3) is 0.628. The van der Waals surface area contributed by atoms with Crippen LogP contribution in [-0.4, -0.2) is 193 Å². The lowest BCUT2D eigenvalue weighted by atomic mass is 9.96. The second-order valence-corrected chi connectivity index (χ2v) is 24.6. The molecule has 3 aliphatic rings. The number of ether oxygens (including phenoxy) is 6. The van der Waals surface area contributed by atoms with Crippen LogP contribution in [0.25, 0.3) is 0 Å². The van der Waals surface area contributed by atoms with Crippen LogP contribution in [0, 0.1) is 0 Å². The zero-order valence-electron chi connectivity index (χ0n) is 58.0. The molecule has 0 aromatic rings. The highest BCUT2D eigenvalue weighted by Gasteiger charge is 2.53. The molecule has 3 fully saturated rings. The lowest BCUT2D eigenvalue weighted by molar-refractivity contribution is -0.379. The van der Waals surface area contributed by atoms with Gasteiger partial charge in [-0.15, -0.1) is 0 Å². The van der Waals surface area contributed by atoms with Crippen molar-refractivity contribution in [1.29, 1.82) is 0 Å². The summed E-state index contributed by atoms with van der Waals surface area (Å²) in [5, 5.41) is 120. The Labute approximate surface area is 579 Å². The predicted octanol–water partition coefficient (Wildman–Crippen LogP) is 10.3. The molecular formula is C78H123NO18. The lowest BCUT2D eigenvalue weighted by Gasteiger charge is -2.48. The summed E-state index contributed by atoms with van der Waals surface area (Å²) >= 11 is 0. The maximum absolute atomic E-state index is 13.4. The van der Waals surface area contributed by atoms with Crippen LogP contribution in [0.1, 0.15) is 181 Å². The minimum atomic E-state index is -1.99. The van der Waals surface area contributed by atoms with E-state index in [1.54, 1.807) is 6.08 Å². The smallest absolute Gasteiger partial charge is 0.220 e. The van der Waals surface area contributed by atoms with Gasteiger partial charge in [0.15, 0.2) is 18.9 Å². The Balaban J connectivity index is 1.33. The van der Waals surface area contributed by atoms with Crippen molar-refractivity contribution in [2.24, 2.45) is 0 Å². The molecule has 3 heterocycles. The van der Waals surface area contributed by atoms with Crippen LogP contribution in [0.5, 0.6) is 0 Å². The van der Waals surface area contributed by atoms with Crippen molar-refractivity contribution in [3.05, 3.63) is 170 Å². The molecular weight excluding hydrogens is 1240 g/mol. The van der Waals surface area contributed by atoms with Crippen molar-refractivity contribution in [2.45, 2.75) is 285 Å². The Kier molecular flexibility index (Phi) is 50.6. The molecule has 0 spiro atoms. The van der Waals surface area contributed by atoms with Crippen molar-refractivity contribution >= 4 is 5.91 Å². The van der Waals surface area contributed by atoms with E-state index in [9.17, 15) is 61.0 Å². The van der Waals surface area contributed by atoms with Crippen LogP contribution in [0.3, 0.4) is 0 Å². The van der Waals surface area contributed by atoms with E-state index in [0.29, 0.717) is 12.8 Å². The van der Waals surface area contributed by atoms with Crippen molar-refractivity contribution in [1.82, 2.24) is 5.32 Å². The Morgan fingerprint density at radius 2 is 0.722 bits per heavy atom. The monoisotopic (exact) mass is 1360 g/mol. The number of nitrogens with one attached hydrogen (secondary N) is 1. The minimum absolute atomic E-state index is 0.207. The third-order valence-corrected chi connectivity index (χ3v) is 16.5. The zero-order chi connectivity index (χ0) is 70.4. The molecule has 0 saturated carbocycles. The van der Waals surface area contributed by atoms with Crippen LogP contribution < -0.4 is 5.32 Å². The number of unbranched alkanes of at least 4 members (excludes halogenated alkanes) is 10. The Morgan fingerprint density at radius 1 is 0.381 bits per heavy atom. The molecule has 548 valence electrons. The van der Waals surface area contributed by atoms with E-state index in [1.807, 2.05) is 6.08 Å². The average molecular weight is 1360 g/mol. The number of aliphatic hydroxyl groups excluding tert-OH is 11. The van der Waals surface area contributed by atoms with Crippen LogP contribution >= 0.6 is 0 Å². The van der Waals surface area contributed by atoms with Gasteiger partial charge in [-0.05, 0) is 122 Å². The molecule has 12 N–H and O–H groups in total. The van der Waals surface area contributed by atoms with Gasteiger partial charge >= 0.3 is 0 Å². The third kappa shape index (κ3) is 38.0. The van der Waals surface area contributed by atoms with Gasteiger partial charge in [0.25, 0.3) is 0 Å². The first-order valence-electron chi connectivity index (χ1n) is 35.9. The van der Waals surface area contributed by atoms with Crippen LogP contribution in [0.2, 0.25) is 0 Å². The maximum atomic E-state index is 13.4. The van der Waals surface area contributed by atoms with Gasteiger partial charge in [0.05, 0.1) is 38.6 Å². The lowest BCUT2D eigenvalue weighted by Crippen LogP contribution is -2.66. The van der Waals surface area contributed by atoms with Crippen LogP contribution in [-0.2, 0) is 33.2 Å². The van der Waals surface area contributed by atoms with E-state index in [1.165, 1.54) is 0 Å². The minimum Gasteiger partial charge on any atom is -0.394 e. The Morgan fingerprint density at radius 3 is 1.14 bits per heavy atom. The summed E-state index contributed by atoms with van der Waals surface area (Å²) in [5.74, 6) is -0.312. The van der Waals surface area contributed by atoms with E-state index in [-0.39, 0.29) is 18.9 Å². The van der Waals surface area contributed by atoms with Gasteiger partial charge in [-0.2, -0.15) is 0 Å². The molecule has 0 aromatic carbocycles. The molecule has 1 amide bonds. The van der Waals surface area contributed by atoms with E-state index >= 15 is 0 Å². The maximum Gasteiger partial charge on any atom is 0.220 e. The molecule has 17 unspecified atom stereocenters. The summed E-state index contributed by atoms with van der Waals surface area (Å²) in [6, 6.07) is -1.01. The molecule has 0 radical (unpaired) electrons. The topological polar surface area (TPSA) is 307 Å². The predicted molar refractivity (Wildman–Crippen MR) is 382 cm³/mol. The first kappa shape index (κ1) is 86.4. The van der Waals surface area contributed by atoms with Crippen molar-refractivity contribution in [3.8, 4) is 0 Å². The van der Waals surface area contributed by atoms with E-state index in [4.69, 9.17) is 28.4 Å². The number of aliphatic hydroxyl groups is 11. The van der Waals surface area contributed by atoms with Gasteiger partial charge < -0.3 is 89.9 Å². The summed E-state index contributed by atoms with van der Waals surface area (Å²) < 4.78 is 34.2. The van der Waals surface area contributed by atoms with Crippen molar-refractivity contribution in [3.63, 3.8) is 0 Å². The zero-order valence-corrected chi connectivity index (χ0v) is 58.0. The normalized spacial score (nSPS) is 27.9. The van der Waals surface area contributed by atoms with Gasteiger partial charge in [0.2, 0.25) is 5.91 Å². The second-order valence-electron chi connectivity index (χ2n) is 24.6. The molecule has 97 heavy (non-hydrogen) atoms.